The number of hydrogen-bond donors (Lipinski definition) is 1. The Balaban J connectivity index is 1.35. The van der Waals surface area contributed by atoms with E-state index in [1.807, 2.05) is 12.3 Å². The van der Waals surface area contributed by atoms with Crippen molar-refractivity contribution < 1.29 is 14.3 Å². The van der Waals surface area contributed by atoms with Gasteiger partial charge in [0.05, 0.1) is 36.4 Å². The lowest BCUT2D eigenvalue weighted by atomic mass is 9.74. The molecule has 2 heterocycles. The molecule has 1 N–H and O–H groups in total. The van der Waals surface area contributed by atoms with Gasteiger partial charge in [0.25, 0.3) is 0 Å². The molecule has 1 spiro atoms. The van der Waals surface area contributed by atoms with E-state index in [9.17, 15) is 9.59 Å². The minimum absolute atomic E-state index is 0.0772. The van der Waals surface area contributed by atoms with Crippen molar-refractivity contribution in [3.8, 4) is 0 Å². The highest BCUT2D eigenvalue weighted by Gasteiger charge is 2.51. The lowest BCUT2D eigenvalue weighted by Crippen LogP contribution is -2.65. The van der Waals surface area contributed by atoms with Gasteiger partial charge in [0.1, 0.15) is 0 Å². The fourth-order valence-corrected chi connectivity index (χ4v) is 4.63. The average molecular weight is 393 g/mol. The van der Waals surface area contributed by atoms with E-state index >= 15 is 0 Å². The second-order valence-corrected chi connectivity index (χ2v) is 9.44. The first-order valence-corrected chi connectivity index (χ1v) is 10.7. The van der Waals surface area contributed by atoms with E-state index in [-0.39, 0.29) is 41.3 Å². The standard InChI is InChI=1S/C19H28N4O3S/c1-13(15-11-27-22-21-15)20-16(24)8-14-10-23(17(25)9-18(2)6-7-18)19(12-26-14)4-3-5-19/h11,13-14H,3-10,12H2,1-2H3,(H,20,24). The van der Waals surface area contributed by atoms with Crippen LogP contribution in [0.2, 0.25) is 0 Å². The van der Waals surface area contributed by atoms with E-state index in [4.69, 9.17) is 4.74 Å². The Morgan fingerprint density at radius 1 is 1.41 bits per heavy atom. The number of carbonyl (C=O) groups is 2. The minimum Gasteiger partial charge on any atom is -0.373 e. The normalized spacial score (nSPS) is 26.3. The highest BCUT2D eigenvalue weighted by Crippen LogP contribution is 2.50. The first-order chi connectivity index (χ1) is 12.9. The van der Waals surface area contributed by atoms with Crippen LogP contribution >= 0.6 is 11.5 Å². The van der Waals surface area contributed by atoms with Gasteiger partial charge in [-0.05, 0) is 56.0 Å². The van der Waals surface area contributed by atoms with E-state index in [0.29, 0.717) is 19.6 Å². The van der Waals surface area contributed by atoms with Gasteiger partial charge in [0.15, 0.2) is 0 Å². The third kappa shape index (κ3) is 4.01. The molecule has 1 saturated heterocycles. The number of amides is 2. The van der Waals surface area contributed by atoms with E-state index in [1.54, 1.807) is 0 Å². The molecule has 2 amide bonds. The number of hydrogen-bond acceptors (Lipinski definition) is 6. The predicted molar refractivity (Wildman–Crippen MR) is 101 cm³/mol. The first kappa shape index (κ1) is 18.8. The molecule has 1 aliphatic heterocycles. The van der Waals surface area contributed by atoms with E-state index < -0.39 is 0 Å². The van der Waals surface area contributed by atoms with Gasteiger partial charge in [-0.25, -0.2) is 0 Å². The summed E-state index contributed by atoms with van der Waals surface area (Å²) in [6, 6.07) is -0.176. The van der Waals surface area contributed by atoms with Crippen molar-refractivity contribution in [2.75, 3.05) is 13.2 Å². The van der Waals surface area contributed by atoms with Gasteiger partial charge in [-0.15, -0.1) is 5.10 Å². The topological polar surface area (TPSA) is 84.4 Å². The monoisotopic (exact) mass is 392 g/mol. The molecule has 27 heavy (non-hydrogen) atoms. The molecule has 2 unspecified atom stereocenters. The second-order valence-electron chi connectivity index (χ2n) is 8.83. The van der Waals surface area contributed by atoms with E-state index in [0.717, 1.165) is 37.8 Å². The average Bonchev–Trinajstić information content (AvgIpc) is 3.10. The summed E-state index contributed by atoms with van der Waals surface area (Å²) in [7, 11) is 0. The molecule has 148 valence electrons. The number of ether oxygens (including phenoxy) is 1. The summed E-state index contributed by atoms with van der Waals surface area (Å²) in [5.41, 5.74) is 0.847. The summed E-state index contributed by atoms with van der Waals surface area (Å²) in [4.78, 5) is 27.5. The molecule has 3 fully saturated rings. The molecule has 3 aliphatic rings. The summed E-state index contributed by atoms with van der Waals surface area (Å²) in [5, 5.41) is 8.79. The Morgan fingerprint density at radius 2 is 2.19 bits per heavy atom. The van der Waals surface area contributed by atoms with Crippen LogP contribution in [0.5, 0.6) is 0 Å². The molecule has 2 aliphatic carbocycles. The van der Waals surface area contributed by atoms with Crippen molar-refractivity contribution in [3.05, 3.63) is 11.1 Å². The molecule has 7 nitrogen and oxygen atoms in total. The van der Waals surface area contributed by atoms with Crippen LogP contribution in [0.4, 0.5) is 0 Å². The molecule has 2 atom stereocenters. The van der Waals surface area contributed by atoms with Crippen LogP contribution < -0.4 is 5.32 Å². The van der Waals surface area contributed by atoms with Crippen LogP contribution in [-0.2, 0) is 14.3 Å². The fraction of sp³-hybridized carbons (Fsp3) is 0.789. The quantitative estimate of drug-likeness (QED) is 0.804. The predicted octanol–water partition coefficient (Wildman–Crippen LogP) is 2.45. The van der Waals surface area contributed by atoms with Gasteiger partial charge in [-0.2, -0.15) is 0 Å². The van der Waals surface area contributed by atoms with Gasteiger partial charge in [0, 0.05) is 18.3 Å². The van der Waals surface area contributed by atoms with Gasteiger partial charge in [-0.1, -0.05) is 11.4 Å². The largest absolute Gasteiger partial charge is 0.373 e. The molecular formula is C19H28N4O3S. The van der Waals surface area contributed by atoms with Gasteiger partial charge in [-0.3, -0.25) is 9.59 Å². The Bertz CT molecular complexity index is 700. The number of carbonyl (C=O) groups excluding carboxylic acids is 2. The zero-order valence-electron chi connectivity index (χ0n) is 16.1. The van der Waals surface area contributed by atoms with Gasteiger partial charge < -0.3 is 15.0 Å². The van der Waals surface area contributed by atoms with Crippen LogP contribution in [0, 0.1) is 5.41 Å². The molecule has 2 saturated carbocycles. The van der Waals surface area contributed by atoms with Crippen LogP contribution in [0.15, 0.2) is 5.38 Å². The van der Waals surface area contributed by atoms with Crippen molar-refractivity contribution in [1.29, 1.82) is 0 Å². The lowest BCUT2D eigenvalue weighted by molar-refractivity contribution is -0.173. The van der Waals surface area contributed by atoms with E-state index in [1.165, 1.54) is 11.5 Å². The van der Waals surface area contributed by atoms with Crippen LogP contribution in [0.3, 0.4) is 0 Å². The maximum atomic E-state index is 13.0. The number of nitrogens with one attached hydrogen (secondary N) is 1. The van der Waals surface area contributed by atoms with Crippen molar-refractivity contribution in [2.24, 2.45) is 5.41 Å². The second kappa shape index (κ2) is 7.13. The summed E-state index contributed by atoms with van der Waals surface area (Å²) in [5.74, 6) is 0.164. The molecule has 0 bridgehead atoms. The third-order valence-electron chi connectivity index (χ3n) is 6.42. The molecule has 4 rings (SSSR count). The maximum absolute atomic E-state index is 13.0. The number of nitrogens with zero attached hydrogens (tertiary/aromatic N) is 3. The van der Waals surface area contributed by atoms with Gasteiger partial charge in [0.2, 0.25) is 11.8 Å². The summed E-state index contributed by atoms with van der Waals surface area (Å²) >= 11 is 1.27. The molecule has 1 aromatic rings. The molecule has 8 heteroatoms. The Kier molecular flexibility index (Phi) is 4.96. The molecule has 1 aromatic heterocycles. The van der Waals surface area contributed by atoms with Crippen LogP contribution in [-0.4, -0.2) is 51.1 Å². The smallest absolute Gasteiger partial charge is 0.223 e. The maximum Gasteiger partial charge on any atom is 0.223 e. The highest BCUT2D eigenvalue weighted by atomic mass is 32.1. The molecular weight excluding hydrogens is 364 g/mol. The number of aromatic nitrogens is 2. The first-order valence-electron chi connectivity index (χ1n) is 9.88. The van der Waals surface area contributed by atoms with E-state index in [2.05, 4.69) is 26.7 Å². The molecule has 0 aromatic carbocycles. The summed E-state index contributed by atoms with van der Waals surface area (Å²) in [6.45, 7) is 5.16. The number of morpholine rings is 1. The van der Waals surface area contributed by atoms with Crippen LogP contribution in [0.1, 0.15) is 70.5 Å². The van der Waals surface area contributed by atoms with Gasteiger partial charge >= 0.3 is 0 Å². The fourth-order valence-electron chi connectivity index (χ4n) is 4.08. The minimum atomic E-state index is -0.243. The van der Waals surface area contributed by atoms with Crippen molar-refractivity contribution in [2.45, 2.75) is 76.5 Å². The Morgan fingerprint density at radius 3 is 2.78 bits per heavy atom. The van der Waals surface area contributed by atoms with Crippen LogP contribution in [0.25, 0.3) is 0 Å². The molecule has 0 radical (unpaired) electrons. The zero-order chi connectivity index (χ0) is 19.1. The number of rotatable bonds is 6. The third-order valence-corrected chi connectivity index (χ3v) is 6.95. The summed E-state index contributed by atoms with van der Waals surface area (Å²) in [6.07, 6.45) is 6.11. The van der Waals surface area contributed by atoms with Crippen molar-refractivity contribution >= 4 is 23.3 Å². The summed E-state index contributed by atoms with van der Waals surface area (Å²) < 4.78 is 9.86. The lowest BCUT2D eigenvalue weighted by Gasteiger charge is -2.54. The Labute approximate surface area is 164 Å². The van der Waals surface area contributed by atoms with Crippen molar-refractivity contribution in [1.82, 2.24) is 19.8 Å². The SMILES string of the molecule is CC(NC(=O)CC1CN(C(=O)CC2(C)CC2)C2(CCC2)CO1)c1csnn1. The Hall–Kier alpha value is -1.54. The highest BCUT2D eigenvalue weighted by molar-refractivity contribution is 7.03. The zero-order valence-corrected chi connectivity index (χ0v) is 16.9. The van der Waals surface area contributed by atoms with Crippen molar-refractivity contribution in [3.63, 3.8) is 0 Å².